The maximum absolute atomic E-state index is 10.4. The van der Waals surface area contributed by atoms with Gasteiger partial charge < -0.3 is 15.2 Å². The summed E-state index contributed by atoms with van der Waals surface area (Å²) in [7, 11) is 1.45. The van der Waals surface area contributed by atoms with E-state index in [-0.39, 0.29) is 6.01 Å². The van der Waals surface area contributed by atoms with Gasteiger partial charge in [0.25, 0.3) is 0 Å². The van der Waals surface area contributed by atoms with Crippen LogP contribution in [-0.2, 0) is 0 Å². The van der Waals surface area contributed by atoms with Gasteiger partial charge in [-0.3, -0.25) is 0 Å². The first-order valence-corrected chi connectivity index (χ1v) is 3.49. The third-order valence-electron chi connectivity index (χ3n) is 1.21. The van der Waals surface area contributed by atoms with E-state index in [0.29, 0.717) is 11.6 Å². The number of carbonyl (C=O) groups excluding carboxylic acids is 1. The number of aryl methyl sites for hydroxylation is 1. The first kappa shape index (κ1) is 9.24. The van der Waals surface area contributed by atoms with Gasteiger partial charge in [0, 0.05) is 11.8 Å². The average Bonchev–Trinajstić information content (AvgIpc) is 2.01. The minimum absolute atomic E-state index is 0.107. The molecular weight excluding hydrogens is 174 g/mol. The first-order chi connectivity index (χ1) is 6.11. The van der Waals surface area contributed by atoms with Crippen LogP contribution in [0, 0.1) is 6.92 Å². The Morgan fingerprint density at radius 1 is 1.54 bits per heavy atom. The van der Waals surface area contributed by atoms with E-state index in [2.05, 4.69) is 14.7 Å². The molecule has 0 aliphatic heterocycles. The summed E-state index contributed by atoms with van der Waals surface area (Å²) in [5.74, 6) is 0.323. The number of primary amides is 1. The molecule has 0 saturated carbocycles. The van der Waals surface area contributed by atoms with E-state index in [0.717, 1.165) is 0 Å². The molecule has 0 atom stereocenters. The third kappa shape index (κ3) is 2.58. The third-order valence-corrected chi connectivity index (χ3v) is 1.21. The van der Waals surface area contributed by atoms with Crippen LogP contribution in [-0.4, -0.2) is 23.2 Å². The number of nitrogens with zero attached hydrogens (tertiary/aromatic N) is 2. The molecule has 0 radical (unpaired) electrons. The molecule has 70 valence electrons. The molecule has 1 aromatic rings. The summed E-state index contributed by atoms with van der Waals surface area (Å²) >= 11 is 0. The monoisotopic (exact) mass is 183 g/mol. The first-order valence-electron chi connectivity index (χ1n) is 3.49. The van der Waals surface area contributed by atoms with E-state index in [4.69, 9.17) is 10.5 Å². The fraction of sp³-hybridized carbons (Fsp3) is 0.286. The summed E-state index contributed by atoms with van der Waals surface area (Å²) in [5.41, 5.74) is 5.41. The molecule has 1 amide bonds. The number of carbonyl (C=O) groups is 1. The molecule has 0 spiro atoms. The zero-order chi connectivity index (χ0) is 9.84. The van der Waals surface area contributed by atoms with Gasteiger partial charge in [-0.25, -0.2) is 4.79 Å². The van der Waals surface area contributed by atoms with Crippen molar-refractivity contribution in [1.29, 1.82) is 0 Å². The van der Waals surface area contributed by atoms with Crippen LogP contribution in [0.1, 0.15) is 5.69 Å². The van der Waals surface area contributed by atoms with Gasteiger partial charge in [0.2, 0.25) is 5.88 Å². The summed E-state index contributed by atoms with van der Waals surface area (Å²) in [6.07, 6.45) is -0.951. The van der Waals surface area contributed by atoms with Crippen molar-refractivity contribution in [2.75, 3.05) is 7.11 Å². The van der Waals surface area contributed by atoms with Gasteiger partial charge in [0.15, 0.2) is 0 Å². The summed E-state index contributed by atoms with van der Waals surface area (Å²) in [4.78, 5) is 17.9. The van der Waals surface area contributed by atoms with E-state index < -0.39 is 6.09 Å². The van der Waals surface area contributed by atoms with E-state index in [1.165, 1.54) is 7.11 Å². The Morgan fingerprint density at radius 3 is 2.77 bits per heavy atom. The van der Waals surface area contributed by atoms with Crippen LogP contribution in [0.3, 0.4) is 0 Å². The van der Waals surface area contributed by atoms with Crippen molar-refractivity contribution in [3.05, 3.63) is 11.8 Å². The SMILES string of the molecule is COc1cc(C)nc(OC(N)=O)n1. The zero-order valence-electron chi connectivity index (χ0n) is 7.27. The Balaban J connectivity index is 2.94. The predicted molar refractivity (Wildman–Crippen MR) is 43.5 cm³/mol. The van der Waals surface area contributed by atoms with Crippen LogP contribution in [0.2, 0.25) is 0 Å². The lowest BCUT2D eigenvalue weighted by Gasteiger charge is -2.02. The van der Waals surface area contributed by atoms with Gasteiger partial charge in [0.1, 0.15) is 0 Å². The second-order valence-corrected chi connectivity index (χ2v) is 2.26. The van der Waals surface area contributed by atoms with Crippen LogP contribution in [0.4, 0.5) is 4.79 Å². The van der Waals surface area contributed by atoms with Crippen LogP contribution >= 0.6 is 0 Å². The van der Waals surface area contributed by atoms with Gasteiger partial charge in [-0.2, -0.15) is 9.97 Å². The number of hydrogen-bond acceptors (Lipinski definition) is 5. The minimum Gasteiger partial charge on any atom is -0.481 e. The maximum Gasteiger partial charge on any atom is 0.412 e. The smallest absolute Gasteiger partial charge is 0.412 e. The lowest BCUT2D eigenvalue weighted by molar-refractivity contribution is 0.206. The highest BCUT2D eigenvalue weighted by atomic mass is 16.6. The van der Waals surface area contributed by atoms with Crippen molar-refractivity contribution in [2.45, 2.75) is 6.92 Å². The molecule has 1 aromatic heterocycles. The van der Waals surface area contributed by atoms with E-state index in [9.17, 15) is 4.79 Å². The minimum atomic E-state index is -0.951. The highest BCUT2D eigenvalue weighted by molar-refractivity contribution is 5.66. The van der Waals surface area contributed by atoms with Gasteiger partial charge in [0.05, 0.1) is 7.11 Å². The largest absolute Gasteiger partial charge is 0.481 e. The second kappa shape index (κ2) is 3.70. The number of nitrogens with two attached hydrogens (primary N) is 1. The molecule has 0 bridgehead atoms. The predicted octanol–water partition coefficient (Wildman–Crippen LogP) is 0.251. The van der Waals surface area contributed by atoms with Crippen LogP contribution < -0.4 is 15.2 Å². The number of aromatic nitrogens is 2. The topological polar surface area (TPSA) is 87.3 Å². The zero-order valence-corrected chi connectivity index (χ0v) is 7.27. The average molecular weight is 183 g/mol. The molecule has 2 N–H and O–H groups in total. The fourth-order valence-electron chi connectivity index (χ4n) is 0.754. The molecule has 13 heavy (non-hydrogen) atoms. The van der Waals surface area contributed by atoms with Crippen molar-refractivity contribution >= 4 is 6.09 Å². The van der Waals surface area contributed by atoms with Gasteiger partial charge in [-0.15, -0.1) is 0 Å². The molecule has 0 saturated heterocycles. The van der Waals surface area contributed by atoms with Gasteiger partial charge in [-0.1, -0.05) is 0 Å². The Morgan fingerprint density at radius 2 is 2.23 bits per heavy atom. The number of methoxy groups -OCH3 is 1. The maximum atomic E-state index is 10.4. The lowest BCUT2D eigenvalue weighted by Crippen LogP contribution is -2.18. The summed E-state index contributed by atoms with van der Waals surface area (Å²) in [6.45, 7) is 1.72. The lowest BCUT2D eigenvalue weighted by atomic mass is 10.4. The molecule has 0 unspecified atom stereocenters. The molecule has 1 rings (SSSR count). The van der Waals surface area contributed by atoms with Crippen molar-refractivity contribution in [1.82, 2.24) is 9.97 Å². The molecule has 1 heterocycles. The van der Waals surface area contributed by atoms with Gasteiger partial charge in [-0.05, 0) is 6.92 Å². The fourth-order valence-corrected chi connectivity index (χ4v) is 0.754. The highest BCUT2D eigenvalue weighted by Gasteiger charge is 2.05. The normalized spacial score (nSPS) is 9.38. The number of amides is 1. The van der Waals surface area contributed by atoms with Crippen molar-refractivity contribution in [3.63, 3.8) is 0 Å². The second-order valence-electron chi connectivity index (χ2n) is 2.26. The Labute approximate surface area is 74.7 Å². The molecule has 0 fully saturated rings. The highest BCUT2D eigenvalue weighted by Crippen LogP contribution is 2.12. The quantitative estimate of drug-likeness (QED) is 0.710. The molecule has 6 nitrogen and oxygen atoms in total. The van der Waals surface area contributed by atoms with E-state index in [1.54, 1.807) is 13.0 Å². The van der Waals surface area contributed by atoms with Crippen LogP contribution in [0.15, 0.2) is 6.07 Å². The number of hydrogen-bond donors (Lipinski definition) is 1. The summed E-state index contributed by atoms with van der Waals surface area (Å²) < 4.78 is 9.31. The molecular formula is C7H9N3O3. The number of ether oxygens (including phenoxy) is 2. The Bertz CT molecular complexity index is 327. The summed E-state index contributed by atoms with van der Waals surface area (Å²) in [6, 6.07) is 1.50. The molecule has 0 aliphatic carbocycles. The number of rotatable bonds is 2. The van der Waals surface area contributed by atoms with Crippen molar-refractivity contribution in [3.8, 4) is 11.9 Å². The van der Waals surface area contributed by atoms with E-state index >= 15 is 0 Å². The van der Waals surface area contributed by atoms with Crippen LogP contribution in [0.25, 0.3) is 0 Å². The Kier molecular flexibility index (Phi) is 2.63. The molecule has 0 aromatic carbocycles. The van der Waals surface area contributed by atoms with Crippen molar-refractivity contribution in [2.24, 2.45) is 5.73 Å². The van der Waals surface area contributed by atoms with Crippen LogP contribution in [0.5, 0.6) is 11.9 Å². The summed E-state index contributed by atoms with van der Waals surface area (Å²) in [5, 5.41) is 0. The van der Waals surface area contributed by atoms with E-state index in [1.807, 2.05) is 0 Å². The molecule has 0 aliphatic rings. The standard InChI is InChI=1S/C7H9N3O3/c1-4-3-5(12-2)10-7(9-4)13-6(8)11/h3H,1-2H3,(H2,8,11). The Hall–Kier alpha value is -1.85. The van der Waals surface area contributed by atoms with Gasteiger partial charge >= 0.3 is 12.1 Å². The van der Waals surface area contributed by atoms with Crippen molar-refractivity contribution < 1.29 is 14.3 Å². The molecule has 6 heteroatoms.